The first-order valence-corrected chi connectivity index (χ1v) is 6.53. The molecule has 0 aromatic carbocycles. The Bertz CT molecular complexity index is 380. The van der Waals surface area contributed by atoms with Gasteiger partial charge >= 0.3 is 0 Å². The molecule has 1 fully saturated rings. The predicted molar refractivity (Wildman–Crippen MR) is 67.5 cm³/mol. The van der Waals surface area contributed by atoms with E-state index >= 15 is 0 Å². The van der Waals surface area contributed by atoms with Crippen LogP contribution in [0.25, 0.3) is 0 Å². The Morgan fingerprint density at radius 1 is 1.53 bits per heavy atom. The van der Waals surface area contributed by atoms with Crippen LogP contribution < -0.4 is 5.73 Å². The van der Waals surface area contributed by atoms with Crippen LogP contribution in [0.5, 0.6) is 0 Å². The highest BCUT2D eigenvalue weighted by Gasteiger charge is 2.41. The molecule has 17 heavy (non-hydrogen) atoms. The summed E-state index contributed by atoms with van der Waals surface area (Å²) in [6, 6.07) is 0. The number of hydrogen-bond donors (Lipinski definition) is 2. The minimum absolute atomic E-state index is 0.118. The smallest absolute Gasteiger partial charge is 0.0891 e. The molecule has 1 atom stereocenters. The van der Waals surface area contributed by atoms with Crippen molar-refractivity contribution in [1.82, 2.24) is 9.78 Å². The second kappa shape index (κ2) is 4.78. The lowest BCUT2D eigenvalue weighted by Gasteiger charge is -2.32. The van der Waals surface area contributed by atoms with E-state index in [2.05, 4.69) is 12.0 Å². The summed E-state index contributed by atoms with van der Waals surface area (Å²) in [7, 11) is 1.90. The number of aryl methyl sites for hydroxylation is 2. The zero-order valence-corrected chi connectivity index (χ0v) is 10.8. The van der Waals surface area contributed by atoms with Crippen molar-refractivity contribution < 1.29 is 5.11 Å². The molecule has 1 aliphatic carbocycles. The van der Waals surface area contributed by atoms with Crippen LogP contribution in [0, 0.1) is 5.41 Å². The molecule has 0 aliphatic heterocycles. The van der Waals surface area contributed by atoms with E-state index in [0.717, 1.165) is 30.5 Å². The lowest BCUT2D eigenvalue weighted by Crippen LogP contribution is -2.34. The molecule has 0 saturated heterocycles. The number of aliphatic hydroxyl groups is 1. The largest absolute Gasteiger partial charge is 0.388 e. The summed E-state index contributed by atoms with van der Waals surface area (Å²) in [6.07, 6.45) is 6.75. The molecular formula is C13H23N3O. The molecule has 0 spiro atoms. The first kappa shape index (κ1) is 12.6. The number of rotatable bonds is 4. The number of aromatic nitrogens is 2. The van der Waals surface area contributed by atoms with Crippen molar-refractivity contribution in [2.75, 3.05) is 6.54 Å². The monoisotopic (exact) mass is 237 g/mol. The molecule has 0 radical (unpaired) electrons. The summed E-state index contributed by atoms with van der Waals surface area (Å²) in [4.78, 5) is 0. The summed E-state index contributed by atoms with van der Waals surface area (Å²) < 4.78 is 1.79. The molecule has 1 heterocycles. The van der Waals surface area contributed by atoms with Crippen molar-refractivity contribution in [3.63, 3.8) is 0 Å². The van der Waals surface area contributed by atoms with Gasteiger partial charge in [-0.1, -0.05) is 19.8 Å². The van der Waals surface area contributed by atoms with Gasteiger partial charge in [0, 0.05) is 30.8 Å². The van der Waals surface area contributed by atoms with Gasteiger partial charge in [-0.15, -0.1) is 0 Å². The van der Waals surface area contributed by atoms with Crippen molar-refractivity contribution in [3.05, 3.63) is 17.5 Å². The van der Waals surface area contributed by atoms with Crippen LogP contribution >= 0.6 is 0 Å². The zero-order valence-electron chi connectivity index (χ0n) is 10.8. The highest BCUT2D eigenvalue weighted by Crippen LogP contribution is 2.47. The minimum Gasteiger partial charge on any atom is -0.388 e. The maximum absolute atomic E-state index is 10.7. The van der Waals surface area contributed by atoms with Crippen LogP contribution in [0.4, 0.5) is 0 Å². The standard InChI is InChI=1S/C13H23N3O/c1-3-11-10(8-16(2)15-11)12(17)13(9-14)6-4-5-7-13/h8,12,17H,3-7,9,14H2,1-2H3. The topological polar surface area (TPSA) is 64.1 Å². The van der Waals surface area contributed by atoms with Gasteiger partial charge in [0.05, 0.1) is 11.8 Å². The lowest BCUT2D eigenvalue weighted by atomic mass is 9.77. The van der Waals surface area contributed by atoms with Crippen molar-refractivity contribution in [3.8, 4) is 0 Å². The van der Waals surface area contributed by atoms with E-state index in [0.29, 0.717) is 6.54 Å². The molecule has 0 amide bonds. The van der Waals surface area contributed by atoms with Gasteiger partial charge in [0.25, 0.3) is 0 Å². The van der Waals surface area contributed by atoms with Gasteiger partial charge in [0.15, 0.2) is 0 Å². The third-order valence-electron chi connectivity index (χ3n) is 4.15. The van der Waals surface area contributed by atoms with E-state index < -0.39 is 6.10 Å². The van der Waals surface area contributed by atoms with Gasteiger partial charge in [-0.05, 0) is 19.3 Å². The maximum atomic E-state index is 10.7. The molecule has 2 rings (SSSR count). The van der Waals surface area contributed by atoms with Crippen molar-refractivity contribution in [2.45, 2.75) is 45.1 Å². The Morgan fingerprint density at radius 2 is 2.18 bits per heavy atom. The Morgan fingerprint density at radius 3 is 2.71 bits per heavy atom. The molecule has 1 unspecified atom stereocenters. The van der Waals surface area contributed by atoms with Crippen LogP contribution in [-0.2, 0) is 13.5 Å². The average Bonchev–Trinajstić information content (AvgIpc) is 2.94. The number of nitrogens with two attached hydrogens (primary N) is 1. The SMILES string of the molecule is CCc1nn(C)cc1C(O)C1(CN)CCCC1. The van der Waals surface area contributed by atoms with E-state index in [9.17, 15) is 5.11 Å². The van der Waals surface area contributed by atoms with Crippen LogP contribution in [0.1, 0.15) is 50.0 Å². The molecule has 1 aromatic rings. The van der Waals surface area contributed by atoms with Gasteiger partial charge in [0.2, 0.25) is 0 Å². The summed E-state index contributed by atoms with van der Waals surface area (Å²) in [5.41, 5.74) is 7.77. The second-order valence-electron chi connectivity index (χ2n) is 5.23. The maximum Gasteiger partial charge on any atom is 0.0891 e. The second-order valence-corrected chi connectivity index (χ2v) is 5.23. The van der Waals surface area contributed by atoms with Crippen LogP contribution in [0.15, 0.2) is 6.20 Å². The third-order valence-corrected chi connectivity index (χ3v) is 4.15. The van der Waals surface area contributed by atoms with E-state index in [-0.39, 0.29) is 5.41 Å². The fourth-order valence-electron chi connectivity index (χ4n) is 3.05. The lowest BCUT2D eigenvalue weighted by molar-refractivity contribution is 0.0326. The number of aliphatic hydroxyl groups excluding tert-OH is 1. The molecule has 4 nitrogen and oxygen atoms in total. The van der Waals surface area contributed by atoms with Gasteiger partial charge in [-0.3, -0.25) is 4.68 Å². The summed E-state index contributed by atoms with van der Waals surface area (Å²) >= 11 is 0. The van der Waals surface area contributed by atoms with E-state index in [1.807, 2.05) is 13.2 Å². The molecular weight excluding hydrogens is 214 g/mol. The number of nitrogens with zero attached hydrogens (tertiary/aromatic N) is 2. The molecule has 4 heteroatoms. The average molecular weight is 237 g/mol. The Balaban J connectivity index is 2.31. The van der Waals surface area contributed by atoms with E-state index in [1.54, 1.807) is 4.68 Å². The Kier molecular flexibility index (Phi) is 3.54. The summed E-state index contributed by atoms with van der Waals surface area (Å²) in [5, 5.41) is 15.1. The summed E-state index contributed by atoms with van der Waals surface area (Å²) in [5.74, 6) is 0. The summed E-state index contributed by atoms with van der Waals surface area (Å²) in [6.45, 7) is 2.63. The quantitative estimate of drug-likeness (QED) is 0.835. The first-order chi connectivity index (χ1) is 8.13. The first-order valence-electron chi connectivity index (χ1n) is 6.53. The number of hydrogen-bond acceptors (Lipinski definition) is 3. The van der Waals surface area contributed by atoms with Crippen molar-refractivity contribution in [1.29, 1.82) is 0 Å². The van der Waals surface area contributed by atoms with Gasteiger partial charge in [-0.2, -0.15) is 5.10 Å². The van der Waals surface area contributed by atoms with E-state index in [4.69, 9.17) is 5.73 Å². The molecule has 1 saturated carbocycles. The van der Waals surface area contributed by atoms with Crippen LogP contribution in [0.3, 0.4) is 0 Å². The molecule has 1 aliphatic rings. The highest BCUT2D eigenvalue weighted by atomic mass is 16.3. The van der Waals surface area contributed by atoms with Crippen molar-refractivity contribution >= 4 is 0 Å². The van der Waals surface area contributed by atoms with Gasteiger partial charge < -0.3 is 10.8 Å². The van der Waals surface area contributed by atoms with Crippen LogP contribution in [-0.4, -0.2) is 21.4 Å². The molecule has 96 valence electrons. The van der Waals surface area contributed by atoms with Gasteiger partial charge in [0.1, 0.15) is 0 Å². The minimum atomic E-state index is -0.460. The highest BCUT2D eigenvalue weighted by molar-refractivity contribution is 5.23. The third kappa shape index (κ3) is 2.11. The van der Waals surface area contributed by atoms with Crippen molar-refractivity contribution in [2.24, 2.45) is 18.2 Å². The fraction of sp³-hybridized carbons (Fsp3) is 0.769. The molecule has 3 N–H and O–H groups in total. The van der Waals surface area contributed by atoms with Gasteiger partial charge in [-0.25, -0.2) is 0 Å². The fourth-order valence-corrected chi connectivity index (χ4v) is 3.05. The molecule has 1 aromatic heterocycles. The molecule has 0 bridgehead atoms. The predicted octanol–water partition coefficient (Wildman–Crippen LogP) is 1.53. The van der Waals surface area contributed by atoms with E-state index in [1.165, 1.54) is 12.8 Å². The Hall–Kier alpha value is -0.870. The Labute approximate surface area is 103 Å². The normalized spacial score (nSPS) is 20.7. The van der Waals surface area contributed by atoms with Crippen LogP contribution in [0.2, 0.25) is 0 Å². The zero-order chi connectivity index (χ0) is 12.5.